The second-order valence-electron chi connectivity index (χ2n) is 5.82. The molecule has 0 bridgehead atoms. The van der Waals surface area contributed by atoms with E-state index in [9.17, 15) is 0 Å². The third-order valence-corrected chi connectivity index (χ3v) is 4.91. The van der Waals surface area contributed by atoms with E-state index in [-0.39, 0.29) is 6.10 Å². The van der Waals surface area contributed by atoms with Crippen LogP contribution in [-0.2, 0) is 4.74 Å². The van der Waals surface area contributed by atoms with Gasteiger partial charge < -0.3 is 14.6 Å². The molecule has 2 rings (SSSR count). The third kappa shape index (κ3) is 4.20. The zero-order valence-corrected chi connectivity index (χ0v) is 14.3. The molecule has 1 N–H and O–H groups in total. The summed E-state index contributed by atoms with van der Waals surface area (Å²) in [6, 6.07) is 0.438. The summed E-state index contributed by atoms with van der Waals surface area (Å²) >= 11 is 1.95. The minimum atomic E-state index is -0.0800. The van der Waals surface area contributed by atoms with E-state index in [1.165, 1.54) is 0 Å². The Hall–Kier alpha value is -0.590. The molecule has 0 spiro atoms. The predicted octanol–water partition coefficient (Wildman–Crippen LogP) is 3.00. The van der Waals surface area contributed by atoms with E-state index < -0.39 is 0 Å². The molecule has 1 aliphatic rings. The number of hydrogen-bond donors (Lipinski definition) is 1. The molecule has 0 amide bonds. The average molecular weight is 313 g/mol. The number of thioether (sulfide) groups is 1. The summed E-state index contributed by atoms with van der Waals surface area (Å²) in [5, 5.41) is 7.75. The van der Waals surface area contributed by atoms with Gasteiger partial charge in [-0.3, -0.25) is 0 Å². The highest BCUT2D eigenvalue weighted by molar-refractivity contribution is 7.99. The van der Waals surface area contributed by atoms with Gasteiger partial charge in [0, 0.05) is 24.2 Å². The molecule has 1 fully saturated rings. The summed E-state index contributed by atoms with van der Waals surface area (Å²) in [6.07, 6.45) is 1.06. The number of ether oxygens (including phenoxy) is 1. The largest absolute Gasteiger partial charge is 0.370 e. The van der Waals surface area contributed by atoms with Crippen LogP contribution >= 0.6 is 11.8 Å². The quantitative estimate of drug-likeness (QED) is 0.796. The molecule has 0 radical (unpaired) electrons. The fourth-order valence-corrected chi connectivity index (χ4v) is 3.96. The maximum Gasteiger partial charge on any atom is 0.232 e. The van der Waals surface area contributed by atoms with Crippen LogP contribution in [0.3, 0.4) is 0 Å². The lowest BCUT2D eigenvalue weighted by Crippen LogP contribution is -2.34. The molecule has 2 heterocycles. The lowest BCUT2D eigenvalue weighted by molar-refractivity contribution is 0.0217. The van der Waals surface area contributed by atoms with Crippen molar-refractivity contribution in [3.05, 3.63) is 11.7 Å². The summed E-state index contributed by atoms with van der Waals surface area (Å²) in [5.41, 5.74) is 0. The van der Waals surface area contributed by atoms with Crippen molar-refractivity contribution in [2.75, 3.05) is 24.7 Å². The first kappa shape index (κ1) is 16.8. The lowest BCUT2D eigenvalue weighted by atomic mass is 10.0. The molecule has 1 aromatic rings. The second-order valence-corrected chi connectivity index (χ2v) is 6.89. The molecule has 3 atom stereocenters. The zero-order chi connectivity index (χ0) is 15.2. The highest BCUT2D eigenvalue weighted by Gasteiger charge is 2.34. The van der Waals surface area contributed by atoms with Gasteiger partial charge in [-0.1, -0.05) is 25.9 Å². The molecule has 1 saturated heterocycles. The number of nitrogens with zero attached hydrogens (tertiary/aromatic N) is 2. The van der Waals surface area contributed by atoms with Crippen LogP contribution in [0.1, 0.15) is 57.9 Å². The standard InChI is InChI=1S/C15H27N3O2S/c1-5-7-16-12-9-21-8-11(12)15-17-14(18-20-15)13(10(3)4)19-6-2/h10-13,16H,5-9H2,1-4H3. The van der Waals surface area contributed by atoms with E-state index in [2.05, 4.69) is 36.2 Å². The SMILES string of the molecule is CCCNC1CSCC1c1nc(C(OCC)C(C)C)no1. The summed E-state index contributed by atoms with van der Waals surface area (Å²) in [7, 11) is 0. The fraction of sp³-hybridized carbons (Fsp3) is 0.867. The molecule has 0 aliphatic carbocycles. The zero-order valence-electron chi connectivity index (χ0n) is 13.5. The molecular formula is C15H27N3O2S. The summed E-state index contributed by atoms with van der Waals surface area (Å²) in [6.45, 7) is 10.1. The van der Waals surface area contributed by atoms with Crippen molar-refractivity contribution in [3.8, 4) is 0 Å². The lowest BCUT2D eigenvalue weighted by Gasteiger charge is -2.17. The summed E-state index contributed by atoms with van der Waals surface area (Å²) < 4.78 is 11.3. The van der Waals surface area contributed by atoms with Crippen molar-refractivity contribution in [2.45, 2.75) is 52.2 Å². The Kier molecular flexibility index (Phi) is 6.51. The van der Waals surface area contributed by atoms with Crippen LogP contribution < -0.4 is 5.32 Å². The topological polar surface area (TPSA) is 60.2 Å². The van der Waals surface area contributed by atoms with Gasteiger partial charge in [0.2, 0.25) is 11.7 Å². The maximum absolute atomic E-state index is 5.75. The summed E-state index contributed by atoms with van der Waals surface area (Å²) in [5.74, 6) is 4.26. The monoisotopic (exact) mass is 313 g/mol. The van der Waals surface area contributed by atoms with Gasteiger partial charge >= 0.3 is 0 Å². The third-order valence-electron chi connectivity index (χ3n) is 3.72. The van der Waals surface area contributed by atoms with Crippen LogP contribution in [0, 0.1) is 5.92 Å². The highest BCUT2D eigenvalue weighted by atomic mass is 32.2. The fourth-order valence-electron chi connectivity index (χ4n) is 2.59. The average Bonchev–Trinajstić information content (AvgIpc) is 3.10. The first-order valence-corrected chi connectivity index (χ1v) is 9.09. The molecule has 1 aromatic heterocycles. The number of aromatic nitrogens is 2. The predicted molar refractivity (Wildman–Crippen MR) is 85.7 cm³/mol. The maximum atomic E-state index is 5.75. The Labute approximate surface area is 131 Å². The molecule has 1 aliphatic heterocycles. The van der Waals surface area contributed by atoms with Crippen LogP contribution in [0.2, 0.25) is 0 Å². The van der Waals surface area contributed by atoms with Crippen molar-refractivity contribution in [3.63, 3.8) is 0 Å². The van der Waals surface area contributed by atoms with Crippen molar-refractivity contribution >= 4 is 11.8 Å². The van der Waals surface area contributed by atoms with Gasteiger partial charge in [0.05, 0.1) is 5.92 Å². The van der Waals surface area contributed by atoms with Crippen LogP contribution in [0.5, 0.6) is 0 Å². The van der Waals surface area contributed by atoms with E-state index in [1.807, 2.05) is 18.7 Å². The van der Waals surface area contributed by atoms with Gasteiger partial charge in [0.1, 0.15) is 6.10 Å². The van der Waals surface area contributed by atoms with Crippen molar-refractivity contribution in [1.82, 2.24) is 15.5 Å². The smallest absolute Gasteiger partial charge is 0.232 e. The van der Waals surface area contributed by atoms with Crippen LogP contribution in [0.4, 0.5) is 0 Å². The normalized spacial score (nSPS) is 23.9. The minimum Gasteiger partial charge on any atom is -0.370 e. The van der Waals surface area contributed by atoms with Crippen LogP contribution in [0.15, 0.2) is 4.52 Å². The van der Waals surface area contributed by atoms with Gasteiger partial charge in [-0.2, -0.15) is 16.7 Å². The number of rotatable bonds is 8. The van der Waals surface area contributed by atoms with Gasteiger partial charge in [-0.25, -0.2) is 0 Å². The van der Waals surface area contributed by atoms with Crippen molar-refractivity contribution in [2.24, 2.45) is 5.92 Å². The Balaban J connectivity index is 2.07. The summed E-state index contributed by atoms with van der Waals surface area (Å²) in [4.78, 5) is 4.63. The van der Waals surface area contributed by atoms with E-state index in [0.29, 0.717) is 30.3 Å². The Bertz CT molecular complexity index is 425. The molecule has 6 heteroatoms. The van der Waals surface area contributed by atoms with E-state index in [0.717, 1.165) is 30.4 Å². The van der Waals surface area contributed by atoms with E-state index >= 15 is 0 Å². The molecule has 5 nitrogen and oxygen atoms in total. The van der Waals surface area contributed by atoms with E-state index in [1.54, 1.807) is 0 Å². The minimum absolute atomic E-state index is 0.0800. The molecule has 0 aromatic carbocycles. The second kappa shape index (κ2) is 8.15. The number of nitrogens with one attached hydrogen (secondary N) is 1. The van der Waals surface area contributed by atoms with E-state index in [4.69, 9.17) is 9.26 Å². The number of hydrogen-bond acceptors (Lipinski definition) is 6. The molecule has 0 saturated carbocycles. The van der Waals surface area contributed by atoms with Crippen LogP contribution in [-0.4, -0.2) is 40.8 Å². The molecular weight excluding hydrogens is 286 g/mol. The Morgan fingerprint density at radius 3 is 2.86 bits per heavy atom. The first-order chi connectivity index (χ1) is 10.2. The van der Waals surface area contributed by atoms with Gasteiger partial charge in [-0.05, 0) is 25.8 Å². The highest BCUT2D eigenvalue weighted by Crippen LogP contribution is 2.33. The molecule has 120 valence electrons. The molecule has 3 unspecified atom stereocenters. The Morgan fingerprint density at radius 2 is 2.19 bits per heavy atom. The van der Waals surface area contributed by atoms with Gasteiger partial charge in [0.15, 0.2) is 0 Å². The van der Waals surface area contributed by atoms with Gasteiger partial charge in [-0.15, -0.1) is 0 Å². The Morgan fingerprint density at radius 1 is 1.38 bits per heavy atom. The van der Waals surface area contributed by atoms with Gasteiger partial charge in [0.25, 0.3) is 0 Å². The molecule has 21 heavy (non-hydrogen) atoms. The van der Waals surface area contributed by atoms with Crippen molar-refractivity contribution in [1.29, 1.82) is 0 Å². The first-order valence-electron chi connectivity index (χ1n) is 7.93. The van der Waals surface area contributed by atoms with Crippen LogP contribution in [0.25, 0.3) is 0 Å². The van der Waals surface area contributed by atoms with Crippen molar-refractivity contribution < 1.29 is 9.26 Å².